The second-order valence-corrected chi connectivity index (χ2v) is 4.44. The lowest BCUT2D eigenvalue weighted by molar-refractivity contribution is -0.0573. The number of aromatic nitrogens is 2. The van der Waals surface area contributed by atoms with Crippen molar-refractivity contribution >= 4 is 11.8 Å². The van der Waals surface area contributed by atoms with E-state index < -0.39 is 24.4 Å². The Kier molecular flexibility index (Phi) is 3.14. The van der Waals surface area contributed by atoms with Gasteiger partial charge in [0.15, 0.2) is 5.69 Å². The molecule has 18 heavy (non-hydrogen) atoms. The molecule has 5 nitrogen and oxygen atoms in total. The number of aromatic carboxylic acids is 1. The number of nitrogens with zero attached hydrogens (tertiary/aromatic N) is 3. The van der Waals surface area contributed by atoms with Crippen LogP contribution in [0.15, 0.2) is 12.4 Å². The smallest absolute Gasteiger partial charge is 0.356 e. The highest BCUT2D eigenvalue weighted by molar-refractivity contribution is 5.84. The normalized spacial score (nSPS) is 22.8. The molecule has 1 aliphatic rings. The van der Waals surface area contributed by atoms with Crippen LogP contribution in [0.4, 0.5) is 14.6 Å². The van der Waals surface area contributed by atoms with Crippen LogP contribution in [-0.2, 0) is 0 Å². The molecule has 2 rings (SSSR count). The highest BCUT2D eigenvalue weighted by Gasteiger charge is 2.42. The quantitative estimate of drug-likeness (QED) is 0.872. The van der Waals surface area contributed by atoms with Gasteiger partial charge in [-0.15, -0.1) is 0 Å². The molecule has 1 unspecified atom stereocenters. The topological polar surface area (TPSA) is 66.3 Å². The number of hydrogen-bond donors (Lipinski definition) is 1. The maximum atomic E-state index is 13.6. The molecule has 0 aliphatic carbocycles. The average molecular weight is 257 g/mol. The van der Waals surface area contributed by atoms with Crippen molar-refractivity contribution in [3.63, 3.8) is 0 Å². The Balaban J connectivity index is 2.15. The fraction of sp³-hybridized carbons (Fsp3) is 0.545. The van der Waals surface area contributed by atoms with Crippen LogP contribution in [0.25, 0.3) is 0 Å². The Morgan fingerprint density at radius 1 is 1.50 bits per heavy atom. The van der Waals surface area contributed by atoms with Crippen molar-refractivity contribution in [3.8, 4) is 0 Å². The summed E-state index contributed by atoms with van der Waals surface area (Å²) in [7, 11) is 0. The Labute approximate surface area is 102 Å². The lowest BCUT2D eigenvalue weighted by Crippen LogP contribution is -2.48. The summed E-state index contributed by atoms with van der Waals surface area (Å²) in [5.74, 6) is -4.32. The SMILES string of the molecule is CC1CCN(c2cnc(C(=O)O)cn2)CC1(F)F. The molecule has 1 fully saturated rings. The third-order valence-corrected chi connectivity index (χ3v) is 3.14. The Bertz CT molecular complexity index is 450. The molecule has 1 N–H and O–H groups in total. The first kappa shape index (κ1) is 12.7. The molecule has 0 bridgehead atoms. The van der Waals surface area contributed by atoms with Gasteiger partial charge in [-0.05, 0) is 6.42 Å². The van der Waals surface area contributed by atoms with Crippen LogP contribution >= 0.6 is 0 Å². The Hall–Kier alpha value is -1.79. The summed E-state index contributed by atoms with van der Waals surface area (Å²) in [5.41, 5.74) is -0.198. The van der Waals surface area contributed by atoms with Gasteiger partial charge < -0.3 is 10.0 Å². The molecule has 1 saturated heterocycles. The minimum absolute atomic E-state index is 0.198. The number of rotatable bonds is 2. The average Bonchev–Trinajstić information content (AvgIpc) is 2.33. The fourth-order valence-electron chi connectivity index (χ4n) is 1.84. The number of alkyl halides is 2. The molecular formula is C11H13F2N3O2. The van der Waals surface area contributed by atoms with Gasteiger partial charge in [0, 0.05) is 12.5 Å². The number of piperidine rings is 1. The van der Waals surface area contributed by atoms with Gasteiger partial charge in [-0.3, -0.25) is 0 Å². The molecule has 7 heteroatoms. The zero-order chi connectivity index (χ0) is 13.3. The lowest BCUT2D eigenvalue weighted by atomic mass is 9.95. The standard InChI is InChI=1S/C11H13F2N3O2/c1-7-2-3-16(6-11(7,12)13)9-5-14-8(4-15-9)10(17)18/h4-5,7H,2-3,6H2,1H3,(H,17,18). The number of halogens is 2. The second kappa shape index (κ2) is 4.47. The van der Waals surface area contributed by atoms with Gasteiger partial charge in [0.25, 0.3) is 5.92 Å². The lowest BCUT2D eigenvalue weighted by Gasteiger charge is -2.37. The molecule has 1 aromatic rings. The van der Waals surface area contributed by atoms with E-state index in [1.54, 1.807) is 0 Å². The molecule has 0 amide bonds. The molecule has 0 saturated carbocycles. The van der Waals surface area contributed by atoms with Crippen molar-refractivity contribution in [3.05, 3.63) is 18.1 Å². The number of carboxylic acid groups (broad SMARTS) is 1. The van der Waals surface area contributed by atoms with Gasteiger partial charge in [-0.1, -0.05) is 6.92 Å². The number of carbonyl (C=O) groups is 1. The van der Waals surface area contributed by atoms with Gasteiger partial charge in [-0.2, -0.15) is 0 Å². The Morgan fingerprint density at radius 3 is 2.72 bits per heavy atom. The predicted molar refractivity (Wildman–Crippen MR) is 59.9 cm³/mol. The van der Waals surface area contributed by atoms with Crippen molar-refractivity contribution < 1.29 is 18.7 Å². The number of hydrogen-bond acceptors (Lipinski definition) is 4. The highest BCUT2D eigenvalue weighted by Crippen LogP contribution is 2.33. The van der Waals surface area contributed by atoms with E-state index in [0.29, 0.717) is 13.0 Å². The monoisotopic (exact) mass is 257 g/mol. The zero-order valence-electron chi connectivity index (χ0n) is 9.81. The van der Waals surface area contributed by atoms with Gasteiger partial charge in [0.05, 0.1) is 18.9 Å². The summed E-state index contributed by atoms with van der Waals surface area (Å²) in [6.45, 7) is 1.59. The zero-order valence-corrected chi connectivity index (χ0v) is 9.81. The van der Waals surface area contributed by atoms with Crippen molar-refractivity contribution in [2.75, 3.05) is 18.0 Å². The molecule has 0 aromatic carbocycles. The molecular weight excluding hydrogens is 244 g/mol. The largest absolute Gasteiger partial charge is 0.476 e. The first-order chi connectivity index (χ1) is 8.40. The van der Waals surface area contributed by atoms with Crippen LogP contribution < -0.4 is 4.90 Å². The van der Waals surface area contributed by atoms with E-state index in [9.17, 15) is 13.6 Å². The van der Waals surface area contributed by atoms with Crippen molar-refractivity contribution in [2.45, 2.75) is 19.3 Å². The number of carboxylic acids is 1. The van der Waals surface area contributed by atoms with Crippen molar-refractivity contribution in [1.82, 2.24) is 9.97 Å². The van der Waals surface area contributed by atoms with Crippen molar-refractivity contribution in [1.29, 1.82) is 0 Å². The van der Waals surface area contributed by atoms with E-state index in [4.69, 9.17) is 5.11 Å². The molecule has 98 valence electrons. The van der Waals surface area contributed by atoms with E-state index in [0.717, 1.165) is 6.20 Å². The first-order valence-electron chi connectivity index (χ1n) is 5.58. The van der Waals surface area contributed by atoms with Crippen molar-refractivity contribution in [2.24, 2.45) is 5.92 Å². The summed E-state index contributed by atoms with van der Waals surface area (Å²) in [6, 6.07) is 0. The first-order valence-corrected chi connectivity index (χ1v) is 5.58. The van der Waals surface area contributed by atoms with Gasteiger partial charge in [0.2, 0.25) is 0 Å². The predicted octanol–water partition coefficient (Wildman–Crippen LogP) is 1.66. The van der Waals surface area contributed by atoms with Crippen LogP contribution in [0.3, 0.4) is 0 Å². The van der Waals surface area contributed by atoms with E-state index >= 15 is 0 Å². The van der Waals surface area contributed by atoms with E-state index in [1.807, 2.05) is 0 Å². The summed E-state index contributed by atoms with van der Waals surface area (Å²) < 4.78 is 27.1. The molecule has 1 atom stereocenters. The summed E-state index contributed by atoms with van der Waals surface area (Å²) in [5, 5.41) is 8.67. The third kappa shape index (κ3) is 2.39. The second-order valence-electron chi connectivity index (χ2n) is 4.44. The molecule has 0 radical (unpaired) electrons. The van der Waals surface area contributed by atoms with Gasteiger partial charge >= 0.3 is 5.97 Å². The van der Waals surface area contributed by atoms with Crippen LogP contribution in [-0.4, -0.2) is 40.1 Å². The van der Waals surface area contributed by atoms with E-state index in [-0.39, 0.29) is 11.5 Å². The highest BCUT2D eigenvalue weighted by atomic mass is 19.3. The molecule has 2 heterocycles. The summed E-state index contributed by atoms with van der Waals surface area (Å²) in [6.07, 6.45) is 2.67. The third-order valence-electron chi connectivity index (χ3n) is 3.14. The van der Waals surface area contributed by atoms with E-state index in [1.165, 1.54) is 18.0 Å². The summed E-state index contributed by atoms with van der Waals surface area (Å²) >= 11 is 0. The molecule has 0 spiro atoms. The minimum Gasteiger partial charge on any atom is -0.476 e. The van der Waals surface area contributed by atoms with Crippen LogP contribution in [0.2, 0.25) is 0 Å². The maximum absolute atomic E-state index is 13.6. The Morgan fingerprint density at radius 2 is 2.22 bits per heavy atom. The molecule has 1 aliphatic heterocycles. The summed E-state index contributed by atoms with van der Waals surface area (Å²) in [4.78, 5) is 19.6. The van der Waals surface area contributed by atoms with Crippen LogP contribution in [0, 0.1) is 5.92 Å². The fourth-order valence-corrected chi connectivity index (χ4v) is 1.84. The van der Waals surface area contributed by atoms with Crippen LogP contribution in [0.1, 0.15) is 23.8 Å². The maximum Gasteiger partial charge on any atom is 0.356 e. The van der Waals surface area contributed by atoms with Gasteiger partial charge in [-0.25, -0.2) is 23.5 Å². The van der Waals surface area contributed by atoms with Gasteiger partial charge in [0.1, 0.15) is 5.82 Å². The molecule has 1 aromatic heterocycles. The van der Waals surface area contributed by atoms with Crippen LogP contribution in [0.5, 0.6) is 0 Å². The minimum atomic E-state index is -2.76. The van der Waals surface area contributed by atoms with E-state index in [2.05, 4.69) is 9.97 Å². The number of anilines is 1.